The predicted molar refractivity (Wildman–Crippen MR) is 131 cm³/mol. The molecule has 0 unspecified atom stereocenters. The summed E-state index contributed by atoms with van der Waals surface area (Å²) in [6.07, 6.45) is 2.11. The highest BCUT2D eigenvalue weighted by Crippen LogP contribution is 2.22. The van der Waals surface area contributed by atoms with Crippen LogP contribution < -0.4 is 9.47 Å². The number of carbonyl (C=O) groups excluding carboxylic acids is 1. The number of ether oxygens (including phenoxy) is 3. The minimum Gasteiger partial charge on any atom is -0.494 e. The minimum atomic E-state index is -0.211. The molecule has 168 valence electrons. The van der Waals surface area contributed by atoms with Gasteiger partial charge in [0.15, 0.2) is 0 Å². The Labute approximate surface area is 191 Å². The van der Waals surface area contributed by atoms with Crippen molar-refractivity contribution in [1.29, 1.82) is 0 Å². The maximum absolute atomic E-state index is 9.82. The van der Waals surface area contributed by atoms with Gasteiger partial charge >= 0.3 is 5.97 Å². The summed E-state index contributed by atoms with van der Waals surface area (Å²) in [5.74, 6) is 1.50. The standard InChI is InChI=1S/C24H24O2.C4H8O2/c1-3-25-23-13-15-24(16-14-23)26-18-17-19(2)20-9-11-22(12-10-20)21-7-5-4-6-8-21;1-3-6-4(2)5/h4-17H,3,18H2,1-2H3;3H2,1-2H3/b19-17+;. The highest BCUT2D eigenvalue weighted by molar-refractivity contribution is 5.69. The van der Waals surface area contributed by atoms with Gasteiger partial charge in [-0.2, -0.15) is 0 Å². The quantitative estimate of drug-likeness (QED) is 0.367. The largest absolute Gasteiger partial charge is 0.494 e. The minimum absolute atomic E-state index is 0.211. The first-order valence-corrected chi connectivity index (χ1v) is 10.8. The lowest BCUT2D eigenvalue weighted by atomic mass is 10.0. The summed E-state index contributed by atoms with van der Waals surface area (Å²) in [6, 6.07) is 26.8. The monoisotopic (exact) mass is 432 g/mol. The highest BCUT2D eigenvalue weighted by atomic mass is 16.5. The Morgan fingerprint density at radius 3 is 1.78 bits per heavy atom. The molecule has 0 atom stereocenters. The van der Waals surface area contributed by atoms with E-state index in [1.807, 2.05) is 37.3 Å². The number of carbonyl (C=O) groups is 1. The van der Waals surface area contributed by atoms with Gasteiger partial charge in [-0.25, -0.2) is 0 Å². The van der Waals surface area contributed by atoms with Crippen LogP contribution in [0.5, 0.6) is 11.5 Å². The second-order valence-corrected chi connectivity index (χ2v) is 6.97. The average molecular weight is 433 g/mol. The van der Waals surface area contributed by atoms with Crippen LogP contribution in [0.4, 0.5) is 0 Å². The first-order chi connectivity index (χ1) is 15.5. The summed E-state index contributed by atoms with van der Waals surface area (Å²) in [4.78, 5) is 9.82. The molecule has 4 nitrogen and oxygen atoms in total. The molecule has 3 aromatic carbocycles. The molecule has 0 fully saturated rings. The summed E-state index contributed by atoms with van der Waals surface area (Å²) < 4.78 is 15.6. The van der Waals surface area contributed by atoms with Crippen molar-refractivity contribution in [3.8, 4) is 22.6 Å². The molecule has 0 amide bonds. The normalized spacial score (nSPS) is 10.6. The van der Waals surface area contributed by atoms with E-state index >= 15 is 0 Å². The fourth-order valence-electron chi connectivity index (χ4n) is 2.94. The van der Waals surface area contributed by atoms with Gasteiger partial charge in [-0.1, -0.05) is 54.6 Å². The van der Waals surface area contributed by atoms with Gasteiger partial charge in [0.1, 0.15) is 18.1 Å². The molecule has 0 heterocycles. The van der Waals surface area contributed by atoms with Crippen LogP contribution in [0.15, 0.2) is 84.9 Å². The van der Waals surface area contributed by atoms with Crippen LogP contribution in [0.25, 0.3) is 16.7 Å². The van der Waals surface area contributed by atoms with Crippen molar-refractivity contribution in [1.82, 2.24) is 0 Å². The van der Waals surface area contributed by atoms with Crippen LogP contribution in [0, 0.1) is 0 Å². The second kappa shape index (κ2) is 13.7. The van der Waals surface area contributed by atoms with Gasteiger partial charge in [-0.05, 0) is 73.4 Å². The van der Waals surface area contributed by atoms with Crippen LogP contribution in [-0.2, 0) is 9.53 Å². The lowest BCUT2D eigenvalue weighted by Gasteiger charge is -2.08. The van der Waals surface area contributed by atoms with E-state index in [0.717, 1.165) is 11.5 Å². The zero-order valence-corrected chi connectivity index (χ0v) is 19.3. The van der Waals surface area contributed by atoms with Crippen LogP contribution in [0.2, 0.25) is 0 Å². The number of esters is 1. The molecule has 0 saturated heterocycles. The molecule has 4 heteroatoms. The average Bonchev–Trinajstić information content (AvgIpc) is 2.81. The smallest absolute Gasteiger partial charge is 0.302 e. The van der Waals surface area contributed by atoms with Crippen molar-refractivity contribution in [2.45, 2.75) is 27.7 Å². The molecule has 3 rings (SSSR count). The molecule has 0 N–H and O–H groups in total. The molecule has 0 aliphatic heterocycles. The summed E-state index contributed by atoms with van der Waals surface area (Å²) in [6.45, 7) is 8.95. The summed E-state index contributed by atoms with van der Waals surface area (Å²) in [5.41, 5.74) is 4.88. The second-order valence-electron chi connectivity index (χ2n) is 6.97. The lowest BCUT2D eigenvalue weighted by molar-refractivity contribution is -0.140. The first kappa shape index (κ1) is 24.7. The number of hydrogen-bond donors (Lipinski definition) is 0. The Hall–Kier alpha value is -3.53. The molecule has 0 aliphatic carbocycles. The van der Waals surface area contributed by atoms with Crippen molar-refractivity contribution >= 4 is 11.5 Å². The Morgan fingerprint density at radius 2 is 1.28 bits per heavy atom. The van der Waals surface area contributed by atoms with Crippen molar-refractivity contribution in [2.24, 2.45) is 0 Å². The Bertz CT molecular complexity index is 959. The van der Waals surface area contributed by atoms with Crippen LogP contribution in [0.1, 0.15) is 33.3 Å². The Balaban J connectivity index is 0.000000534. The van der Waals surface area contributed by atoms with Crippen LogP contribution in [0.3, 0.4) is 0 Å². The fourth-order valence-corrected chi connectivity index (χ4v) is 2.94. The SMILES string of the molecule is CCOC(C)=O.CCOc1ccc(OC/C=C(\C)c2ccc(-c3ccccc3)cc2)cc1. The van der Waals surface area contributed by atoms with E-state index in [-0.39, 0.29) is 5.97 Å². The third kappa shape index (κ3) is 8.68. The van der Waals surface area contributed by atoms with Gasteiger partial charge in [0, 0.05) is 6.92 Å². The first-order valence-electron chi connectivity index (χ1n) is 10.8. The molecule has 0 aromatic heterocycles. The number of rotatable bonds is 8. The van der Waals surface area contributed by atoms with Crippen molar-refractivity contribution in [2.75, 3.05) is 19.8 Å². The van der Waals surface area contributed by atoms with Gasteiger partial charge in [-0.3, -0.25) is 4.79 Å². The predicted octanol–water partition coefficient (Wildman–Crippen LogP) is 6.80. The maximum atomic E-state index is 9.82. The summed E-state index contributed by atoms with van der Waals surface area (Å²) in [7, 11) is 0. The third-order valence-electron chi connectivity index (χ3n) is 4.57. The van der Waals surface area contributed by atoms with Crippen molar-refractivity contribution < 1.29 is 19.0 Å². The molecule has 0 saturated carbocycles. The number of benzene rings is 3. The zero-order valence-electron chi connectivity index (χ0n) is 19.3. The lowest BCUT2D eigenvalue weighted by Crippen LogP contribution is -1.95. The van der Waals surface area contributed by atoms with E-state index in [4.69, 9.17) is 9.47 Å². The van der Waals surface area contributed by atoms with E-state index in [9.17, 15) is 4.79 Å². The van der Waals surface area contributed by atoms with Gasteiger partial charge < -0.3 is 14.2 Å². The molecular weight excluding hydrogens is 400 g/mol. The summed E-state index contributed by atoms with van der Waals surface area (Å²) >= 11 is 0. The molecule has 0 spiro atoms. The van der Waals surface area contributed by atoms with Gasteiger partial charge in [0.05, 0.1) is 13.2 Å². The summed E-state index contributed by atoms with van der Waals surface area (Å²) in [5, 5.41) is 0. The molecular formula is C28H32O4. The van der Waals surface area contributed by atoms with Gasteiger partial charge in [0.2, 0.25) is 0 Å². The third-order valence-corrected chi connectivity index (χ3v) is 4.57. The van der Waals surface area contributed by atoms with Crippen LogP contribution in [-0.4, -0.2) is 25.8 Å². The van der Waals surface area contributed by atoms with E-state index in [1.165, 1.54) is 29.2 Å². The molecule has 3 aromatic rings. The van der Waals surface area contributed by atoms with Crippen molar-refractivity contribution in [3.05, 3.63) is 90.5 Å². The van der Waals surface area contributed by atoms with Gasteiger partial charge in [-0.15, -0.1) is 0 Å². The van der Waals surface area contributed by atoms with Crippen molar-refractivity contribution in [3.63, 3.8) is 0 Å². The maximum Gasteiger partial charge on any atom is 0.302 e. The van der Waals surface area contributed by atoms with E-state index < -0.39 is 0 Å². The molecule has 0 aliphatic rings. The fraction of sp³-hybridized carbons (Fsp3) is 0.250. The van der Waals surface area contributed by atoms with Gasteiger partial charge in [0.25, 0.3) is 0 Å². The number of allylic oxidation sites excluding steroid dienone is 1. The van der Waals surface area contributed by atoms with E-state index in [1.54, 1.807) is 6.92 Å². The zero-order chi connectivity index (χ0) is 23.2. The van der Waals surface area contributed by atoms with E-state index in [0.29, 0.717) is 19.8 Å². The van der Waals surface area contributed by atoms with Crippen LogP contribution >= 0.6 is 0 Å². The Kier molecular flexibility index (Phi) is 10.6. The molecule has 32 heavy (non-hydrogen) atoms. The number of hydrogen-bond acceptors (Lipinski definition) is 4. The van der Waals surface area contributed by atoms with E-state index in [2.05, 4.69) is 66.3 Å². The topological polar surface area (TPSA) is 44.8 Å². The molecule has 0 bridgehead atoms. The Morgan fingerprint density at radius 1 is 0.719 bits per heavy atom. The highest BCUT2D eigenvalue weighted by Gasteiger charge is 2.00. The molecule has 0 radical (unpaired) electrons.